The van der Waals surface area contributed by atoms with Crippen LogP contribution in [0.5, 0.6) is 0 Å². The lowest BCUT2D eigenvalue weighted by Crippen LogP contribution is -2.58. The van der Waals surface area contributed by atoms with Gasteiger partial charge in [-0.1, -0.05) is 12.1 Å². The number of amides is 1. The number of methoxy groups -OCH3 is 1. The van der Waals surface area contributed by atoms with Crippen molar-refractivity contribution in [2.24, 2.45) is 5.92 Å². The SMILES string of the molecule is COC(=O)[C@@H](NC(=O)C1CN(c2ccccc2C#N)C1)[C@@H](C)O. The molecular formula is C16H19N3O4. The van der Waals surface area contributed by atoms with Gasteiger partial charge in [-0.2, -0.15) is 5.26 Å². The molecule has 7 nitrogen and oxygen atoms in total. The molecule has 0 aromatic heterocycles. The highest BCUT2D eigenvalue weighted by molar-refractivity contribution is 5.88. The molecule has 1 aliphatic heterocycles. The lowest BCUT2D eigenvalue weighted by atomic mass is 9.96. The van der Waals surface area contributed by atoms with E-state index in [1.807, 2.05) is 17.0 Å². The number of nitriles is 1. The molecule has 1 fully saturated rings. The molecule has 23 heavy (non-hydrogen) atoms. The Labute approximate surface area is 134 Å². The summed E-state index contributed by atoms with van der Waals surface area (Å²) in [6.07, 6.45) is -1.04. The molecule has 0 radical (unpaired) electrons. The first kappa shape index (κ1) is 16.8. The Morgan fingerprint density at radius 2 is 2.09 bits per heavy atom. The van der Waals surface area contributed by atoms with Crippen molar-refractivity contribution in [3.8, 4) is 6.07 Å². The number of benzene rings is 1. The molecule has 1 aromatic rings. The summed E-state index contributed by atoms with van der Waals surface area (Å²) in [6, 6.07) is 8.23. The minimum absolute atomic E-state index is 0.298. The number of nitrogens with one attached hydrogen (secondary N) is 1. The van der Waals surface area contributed by atoms with Crippen molar-refractivity contribution in [2.45, 2.75) is 19.1 Å². The summed E-state index contributed by atoms with van der Waals surface area (Å²) in [5, 5.41) is 21.2. The first-order chi connectivity index (χ1) is 11.0. The number of carbonyl (C=O) groups excluding carboxylic acids is 2. The zero-order valence-electron chi connectivity index (χ0n) is 13.0. The fourth-order valence-corrected chi connectivity index (χ4v) is 2.46. The number of nitrogens with zero attached hydrogens (tertiary/aromatic N) is 2. The number of aliphatic hydroxyl groups excluding tert-OH is 1. The van der Waals surface area contributed by atoms with Gasteiger partial charge in [0, 0.05) is 13.1 Å². The predicted molar refractivity (Wildman–Crippen MR) is 82.5 cm³/mol. The van der Waals surface area contributed by atoms with Gasteiger partial charge in [-0.25, -0.2) is 4.79 Å². The minimum Gasteiger partial charge on any atom is -0.467 e. The van der Waals surface area contributed by atoms with Gasteiger partial charge in [0.15, 0.2) is 6.04 Å². The molecule has 1 saturated heterocycles. The van der Waals surface area contributed by atoms with Crippen LogP contribution < -0.4 is 10.2 Å². The summed E-state index contributed by atoms with van der Waals surface area (Å²) in [6.45, 7) is 2.33. The van der Waals surface area contributed by atoms with E-state index in [4.69, 9.17) is 5.26 Å². The van der Waals surface area contributed by atoms with Gasteiger partial charge >= 0.3 is 5.97 Å². The van der Waals surface area contributed by atoms with E-state index in [9.17, 15) is 14.7 Å². The number of anilines is 1. The largest absolute Gasteiger partial charge is 0.467 e. The Kier molecular flexibility index (Phi) is 5.19. The van der Waals surface area contributed by atoms with Gasteiger partial charge in [0.2, 0.25) is 5.91 Å². The van der Waals surface area contributed by atoms with E-state index in [2.05, 4.69) is 16.1 Å². The second-order valence-electron chi connectivity index (χ2n) is 5.48. The zero-order chi connectivity index (χ0) is 17.0. The summed E-state index contributed by atoms with van der Waals surface area (Å²) < 4.78 is 4.57. The van der Waals surface area contributed by atoms with E-state index in [1.54, 1.807) is 12.1 Å². The molecule has 2 N–H and O–H groups in total. The average molecular weight is 317 g/mol. The second kappa shape index (κ2) is 7.11. The van der Waals surface area contributed by atoms with E-state index >= 15 is 0 Å². The van der Waals surface area contributed by atoms with Gasteiger partial charge < -0.3 is 20.1 Å². The predicted octanol–water partition coefficient (Wildman–Crippen LogP) is 0.0331. The van der Waals surface area contributed by atoms with Gasteiger partial charge in [-0.3, -0.25) is 4.79 Å². The van der Waals surface area contributed by atoms with Crippen LogP contribution in [0, 0.1) is 17.2 Å². The fraction of sp³-hybridized carbons (Fsp3) is 0.438. The molecule has 2 rings (SSSR count). The van der Waals surface area contributed by atoms with Crippen molar-refractivity contribution < 1.29 is 19.4 Å². The van der Waals surface area contributed by atoms with Crippen LogP contribution in [0.3, 0.4) is 0 Å². The van der Waals surface area contributed by atoms with E-state index in [0.717, 1.165) is 5.69 Å². The Hall–Kier alpha value is -2.59. The molecular weight excluding hydrogens is 298 g/mol. The monoisotopic (exact) mass is 317 g/mol. The van der Waals surface area contributed by atoms with Gasteiger partial charge in [-0.05, 0) is 19.1 Å². The lowest BCUT2D eigenvalue weighted by molar-refractivity contribution is -0.148. The first-order valence-corrected chi connectivity index (χ1v) is 7.28. The van der Waals surface area contributed by atoms with Crippen LogP contribution in [-0.2, 0) is 14.3 Å². The number of rotatable bonds is 5. The van der Waals surface area contributed by atoms with Crippen LogP contribution in [0.1, 0.15) is 12.5 Å². The Morgan fingerprint density at radius 3 is 2.65 bits per heavy atom. The number of hydrogen-bond acceptors (Lipinski definition) is 6. The quantitative estimate of drug-likeness (QED) is 0.743. The maximum Gasteiger partial charge on any atom is 0.331 e. The number of para-hydroxylation sites is 1. The van der Waals surface area contributed by atoms with Crippen molar-refractivity contribution in [1.29, 1.82) is 5.26 Å². The normalized spacial score (nSPS) is 16.7. The van der Waals surface area contributed by atoms with E-state index in [-0.39, 0.29) is 11.8 Å². The number of carbonyl (C=O) groups is 2. The molecule has 0 unspecified atom stereocenters. The molecule has 1 amide bonds. The molecule has 2 atom stereocenters. The van der Waals surface area contributed by atoms with Gasteiger partial charge in [0.25, 0.3) is 0 Å². The fourth-order valence-electron chi connectivity index (χ4n) is 2.46. The molecule has 1 aromatic carbocycles. The smallest absolute Gasteiger partial charge is 0.331 e. The second-order valence-corrected chi connectivity index (χ2v) is 5.48. The number of aliphatic hydroxyl groups is 1. The van der Waals surface area contributed by atoms with Crippen molar-refractivity contribution in [3.63, 3.8) is 0 Å². The Balaban J connectivity index is 1.95. The molecule has 0 spiro atoms. The van der Waals surface area contributed by atoms with E-state index in [0.29, 0.717) is 18.7 Å². The molecule has 0 saturated carbocycles. The summed E-state index contributed by atoms with van der Waals surface area (Å²) in [5.74, 6) is -1.29. The van der Waals surface area contributed by atoms with Crippen molar-refractivity contribution in [3.05, 3.63) is 29.8 Å². The minimum atomic E-state index is -1.08. The van der Waals surface area contributed by atoms with Gasteiger partial charge in [-0.15, -0.1) is 0 Å². The molecule has 1 heterocycles. The number of ether oxygens (including phenoxy) is 1. The van der Waals surface area contributed by atoms with Crippen molar-refractivity contribution in [2.75, 3.05) is 25.1 Å². The standard InChI is InChI=1S/C16H19N3O4/c1-10(20)14(16(22)23-2)18-15(21)12-8-19(9-12)13-6-4-3-5-11(13)7-17/h3-6,10,12,14,20H,8-9H2,1-2H3,(H,18,21)/t10-,14+/m1/s1. The molecule has 1 aliphatic rings. The van der Waals surface area contributed by atoms with Crippen molar-refractivity contribution >= 4 is 17.6 Å². The maximum atomic E-state index is 12.2. The third-order valence-corrected chi connectivity index (χ3v) is 3.85. The first-order valence-electron chi connectivity index (χ1n) is 7.28. The number of esters is 1. The van der Waals surface area contributed by atoms with Crippen LogP contribution in [0.25, 0.3) is 0 Å². The van der Waals surface area contributed by atoms with Crippen molar-refractivity contribution in [1.82, 2.24) is 5.32 Å². The summed E-state index contributed by atoms with van der Waals surface area (Å²) in [4.78, 5) is 25.6. The highest BCUT2D eigenvalue weighted by atomic mass is 16.5. The van der Waals surface area contributed by atoms with E-state index < -0.39 is 18.1 Å². The zero-order valence-corrected chi connectivity index (χ0v) is 13.0. The Morgan fingerprint density at radius 1 is 1.43 bits per heavy atom. The Bertz CT molecular complexity index is 632. The molecule has 0 bridgehead atoms. The van der Waals surface area contributed by atoms with Crippen LogP contribution in [0.4, 0.5) is 5.69 Å². The average Bonchev–Trinajstić information content (AvgIpc) is 2.50. The summed E-state index contributed by atoms with van der Waals surface area (Å²) >= 11 is 0. The number of hydrogen-bond donors (Lipinski definition) is 2. The summed E-state index contributed by atoms with van der Waals surface area (Å²) in [5.41, 5.74) is 1.35. The van der Waals surface area contributed by atoms with Crippen LogP contribution in [0.15, 0.2) is 24.3 Å². The van der Waals surface area contributed by atoms with Gasteiger partial charge in [0.05, 0.1) is 30.4 Å². The van der Waals surface area contributed by atoms with E-state index in [1.165, 1.54) is 14.0 Å². The third-order valence-electron chi connectivity index (χ3n) is 3.85. The molecule has 7 heteroatoms. The maximum absolute atomic E-state index is 12.2. The summed E-state index contributed by atoms with van der Waals surface area (Å²) in [7, 11) is 1.20. The lowest BCUT2D eigenvalue weighted by Gasteiger charge is -2.40. The van der Waals surface area contributed by atoms with Crippen LogP contribution >= 0.6 is 0 Å². The van der Waals surface area contributed by atoms with Crippen LogP contribution in [0.2, 0.25) is 0 Å². The topological polar surface area (TPSA) is 103 Å². The van der Waals surface area contributed by atoms with Crippen LogP contribution in [-0.4, -0.2) is 49.3 Å². The van der Waals surface area contributed by atoms with Gasteiger partial charge in [0.1, 0.15) is 6.07 Å². The molecule has 122 valence electrons. The highest BCUT2D eigenvalue weighted by Crippen LogP contribution is 2.27. The molecule has 0 aliphatic carbocycles. The third kappa shape index (κ3) is 3.60. The highest BCUT2D eigenvalue weighted by Gasteiger charge is 2.36.